The average Bonchev–Trinajstić information content (AvgIpc) is 2.60. The highest BCUT2D eigenvalue weighted by Gasteiger charge is 2.27. The molecule has 0 radical (unpaired) electrons. The summed E-state index contributed by atoms with van der Waals surface area (Å²) in [7, 11) is -2.80. The summed E-state index contributed by atoms with van der Waals surface area (Å²) in [5.74, 6) is 1.17. The number of likely N-dealkylation sites (tertiary alicyclic amines) is 1. The molecule has 1 aliphatic heterocycles. The van der Waals surface area contributed by atoms with Crippen molar-refractivity contribution in [1.29, 1.82) is 0 Å². The van der Waals surface area contributed by atoms with Crippen molar-refractivity contribution >= 4 is 9.84 Å². The largest absolute Gasteiger partial charge is 0.330 e. The summed E-state index contributed by atoms with van der Waals surface area (Å²) < 4.78 is 22.7. The normalized spacial score (nSPS) is 27.4. The highest BCUT2D eigenvalue weighted by molar-refractivity contribution is 7.91. The van der Waals surface area contributed by atoms with Gasteiger partial charge in [-0.1, -0.05) is 6.92 Å². The first-order valence-electron chi connectivity index (χ1n) is 6.13. The van der Waals surface area contributed by atoms with Crippen molar-refractivity contribution in [1.82, 2.24) is 4.90 Å². The Balaban J connectivity index is 2.29. The van der Waals surface area contributed by atoms with Crippen LogP contribution in [0, 0.1) is 5.92 Å². The van der Waals surface area contributed by atoms with E-state index < -0.39 is 9.84 Å². The second kappa shape index (κ2) is 5.98. The maximum absolute atomic E-state index is 11.3. The fourth-order valence-corrected chi connectivity index (χ4v) is 3.19. The Hall–Kier alpha value is -0.130. The van der Waals surface area contributed by atoms with Crippen molar-refractivity contribution in [2.45, 2.75) is 32.7 Å². The van der Waals surface area contributed by atoms with Gasteiger partial charge in [0.15, 0.2) is 0 Å². The Bertz CT molecular complexity index is 303. The van der Waals surface area contributed by atoms with Crippen molar-refractivity contribution in [3.8, 4) is 0 Å². The lowest BCUT2D eigenvalue weighted by molar-refractivity contribution is 0.265. The minimum absolute atomic E-state index is 0.258. The molecule has 1 fully saturated rings. The fourth-order valence-electron chi connectivity index (χ4n) is 2.33. The zero-order valence-electron chi connectivity index (χ0n) is 10.4. The van der Waals surface area contributed by atoms with Gasteiger partial charge in [0.05, 0.1) is 5.75 Å². The lowest BCUT2D eigenvalue weighted by Crippen LogP contribution is -2.30. The van der Waals surface area contributed by atoms with E-state index in [2.05, 4.69) is 11.8 Å². The lowest BCUT2D eigenvalue weighted by atomic mass is 10.1. The van der Waals surface area contributed by atoms with E-state index in [9.17, 15) is 8.42 Å². The van der Waals surface area contributed by atoms with Crippen LogP contribution in [0.25, 0.3) is 0 Å². The summed E-state index contributed by atoms with van der Waals surface area (Å²) in [4.78, 5) is 2.36. The molecule has 2 N–H and O–H groups in total. The Morgan fingerprint density at radius 2 is 2.12 bits per heavy atom. The van der Waals surface area contributed by atoms with E-state index in [1.165, 1.54) is 0 Å². The molecule has 0 amide bonds. The number of hydrogen-bond acceptors (Lipinski definition) is 4. The number of nitrogens with zero attached hydrogens (tertiary/aromatic N) is 1. The minimum atomic E-state index is -2.80. The quantitative estimate of drug-likeness (QED) is 0.742. The number of sulfone groups is 1. The molecule has 2 unspecified atom stereocenters. The van der Waals surface area contributed by atoms with Crippen molar-refractivity contribution in [3.05, 3.63) is 0 Å². The molecular weight excluding hydrogens is 224 g/mol. The first-order valence-corrected chi connectivity index (χ1v) is 7.95. The third kappa shape index (κ3) is 4.03. The van der Waals surface area contributed by atoms with Gasteiger partial charge in [0.25, 0.3) is 0 Å². The van der Waals surface area contributed by atoms with Crippen LogP contribution in [-0.2, 0) is 9.84 Å². The number of hydrogen-bond donors (Lipinski definition) is 1. The van der Waals surface area contributed by atoms with E-state index in [0.29, 0.717) is 17.7 Å². The van der Waals surface area contributed by atoms with Crippen LogP contribution < -0.4 is 5.73 Å². The standard InChI is InChI=1S/C11H24N2O2S/c1-3-16(14,15)6-4-5-13-9-11(8-12)7-10(13)2/h10-11H,3-9,12H2,1-2H3. The molecule has 5 heteroatoms. The van der Waals surface area contributed by atoms with Crippen molar-refractivity contribution in [2.24, 2.45) is 11.7 Å². The third-order valence-electron chi connectivity index (χ3n) is 3.46. The van der Waals surface area contributed by atoms with Gasteiger partial charge in [0, 0.05) is 18.3 Å². The van der Waals surface area contributed by atoms with Gasteiger partial charge in [0.1, 0.15) is 9.84 Å². The maximum Gasteiger partial charge on any atom is 0.150 e. The van der Waals surface area contributed by atoms with E-state index >= 15 is 0 Å². The van der Waals surface area contributed by atoms with Crippen LogP contribution in [0.2, 0.25) is 0 Å². The second-order valence-electron chi connectivity index (χ2n) is 4.77. The Labute approximate surface area is 99.1 Å². The molecular formula is C11H24N2O2S. The van der Waals surface area contributed by atoms with Crippen molar-refractivity contribution < 1.29 is 8.42 Å². The summed E-state index contributed by atoms with van der Waals surface area (Å²) in [5.41, 5.74) is 5.66. The van der Waals surface area contributed by atoms with Gasteiger partial charge >= 0.3 is 0 Å². The van der Waals surface area contributed by atoms with Gasteiger partial charge in [-0.2, -0.15) is 0 Å². The molecule has 1 saturated heterocycles. The molecule has 0 aliphatic carbocycles. The van der Waals surface area contributed by atoms with Gasteiger partial charge in [0.2, 0.25) is 0 Å². The highest BCUT2D eigenvalue weighted by Crippen LogP contribution is 2.21. The summed E-state index contributed by atoms with van der Waals surface area (Å²) >= 11 is 0. The summed E-state index contributed by atoms with van der Waals surface area (Å²) in [6, 6.07) is 0.554. The summed E-state index contributed by atoms with van der Waals surface area (Å²) in [6.07, 6.45) is 1.90. The molecule has 0 bridgehead atoms. The highest BCUT2D eigenvalue weighted by atomic mass is 32.2. The molecule has 2 atom stereocenters. The van der Waals surface area contributed by atoms with Crippen LogP contribution in [0.5, 0.6) is 0 Å². The van der Waals surface area contributed by atoms with Crippen molar-refractivity contribution in [3.63, 3.8) is 0 Å². The molecule has 0 spiro atoms. The molecule has 0 aromatic carbocycles. The third-order valence-corrected chi connectivity index (χ3v) is 5.25. The van der Waals surface area contributed by atoms with Crippen LogP contribution in [0.15, 0.2) is 0 Å². The van der Waals surface area contributed by atoms with Gasteiger partial charge < -0.3 is 10.6 Å². The number of nitrogens with two attached hydrogens (primary N) is 1. The van der Waals surface area contributed by atoms with E-state index in [4.69, 9.17) is 5.73 Å². The SMILES string of the molecule is CCS(=O)(=O)CCCN1CC(CN)CC1C. The van der Waals surface area contributed by atoms with Gasteiger partial charge in [-0.05, 0) is 38.8 Å². The maximum atomic E-state index is 11.3. The minimum Gasteiger partial charge on any atom is -0.330 e. The smallest absolute Gasteiger partial charge is 0.150 e. The molecule has 1 rings (SSSR count). The van der Waals surface area contributed by atoms with E-state index in [0.717, 1.165) is 32.5 Å². The Morgan fingerprint density at radius 3 is 2.62 bits per heavy atom. The molecule has 0 aromatic heterocycles. The monoisotopic (exact) mass is 248 g/mol. The summed E-state index contributed by atoms with van der Waals surface area (Å²) in [5, 5.41) is 0. The van der Waals surface area contributed by atoms with Crippen LogP contribution >= 0.6 is 0 Å². The van der Waals surface area contributed by atoms with Crippen LogP contribution in [0.4, 0.5) is 0 Å². The molecule has 96 valence electrons. The predicted octanol–water partition coefficient (Wildman–Crippen LogP) is 0.480. The average molecular weight is 248 g/mol. The van der Waals surface area contributed by atoms with E-state index in [1.807, 2.05) is 0 Å². The second-order valence-corrected chi connectivity index (χ2v) is 7.24. The molecule has 16 heavy (non-hydrogen) atoms. The predicted molar refractivity (Wildman–Crippen MR) is 67.1 cm³/mol. The molecule has 1 heterocycles. The zero-order valence-corrected chi connectivity index (χ0v) is 11.2. The molecule has 1 aliphatic rings. The van der Waals surface area contributed by atoms with Gasteiger partial charge in [-0.25, -0.2) is 8.42 Å². The molecule has 0 saturated carbocycles. The first-order chi connectivity index (χ1) is 7.48. The lowest BCUT2D eigenvalue weighted by Gasteiger charge is -2.20. The van der Waals surface area contributed by atoms with Crippen LogP contribution in [-0.4, -0.2) is 50.5 Å². The van der Waals surface area contributed by atoms with E-state index in [1.54, 1.807) is 6.92 Å². The fraction of sp³-hybridized carbons (Fsp3) is 1.00. The van der Waals surface area contributed by atoms with Crippen LogP contribution in [0.1, 0.15) is 26.7 Å². The zero-order chi connectivity index (χ0) is 12.2. The van der Waals surface area contributed by atoms with Gasteiger partial charge in [-0.15, -0.1) is 0 Å². The Morgan fingerprint density at radius 1 is 1.44 bits per heavy atom. The first kappa shape index (κ1) is 13.9. The Kier molecular flexibility index (Phi) is 5.21. The topological polar surface area (TPSA) is 63.4 Å². The van der Waals surface area contributed by atoms with Crippen molar-refractivity contribution in [2.75, 3.05) is 31.1 Å². The van der Waals surface area contributed by atoms with E-state index in [-0.39, 0.29) is 5.75 Å². The number of rotatable bonds is 6. The molecule has 4 nitrogen and oxygen atoms in total. The molecule has 0 aromatic rings. The summed E-state index contributed by atoms with van der Waals surface area (Å²) in [6.45, 7) is 6.57. The van der Waals surface area contributed by atoms with Gasteiger partial charge in [-0.3, -0.25) is 0 Å². The van der Waals surface area contributed by atoms with Crippen LogP contribution in [0.3, 0.4) is 0 Å².